The molecule has 152 valence electrons. The molecule has 10 heteroatoms. The van der Waals surface area contributed by atoms with Gasteiger partial charge >= 0.3 is 6.18 Å². The van der Waals surface area contributed by atoms with Crippen LogP contribution in [0, 0.1) is 0 Å². The number of hydrogen-bond donors (Lipinski definition) is 1. The Morgan fingerprint density at radius 3 is 2.36 bits per heavy atom. The predicted octanol–water partition coefficient (Wildman–Crippen LogP) is 3.11. The number of aromatic nitrogens is 2. The zero-order chi connectivity index (χ0) is 20.2. The summed E-state index contributed by atoms with van der Waals surface area (Å²) in [5.74, 6) is 0.697. The molecule has 2 aromatic rings. The Balaban J connectivity index is 1.60. The van der Waals surface area contributed by atoms with Crippen molar-refractivity contribution in [3.63, 3.8) is 0 Å². The van der Waals surface area contributed by atoms with Crippen LogP contribution in [0.3, 0.4) is 0 Å². The van der Waals surface area contributed by atoms with Crippen LogP contribution in [-0.4, -0.2) is 31.5 Å². The molecule has 3 rings (SSSR count). The molecule has 28 heavy (non-hydrogen) atoms. The summed E-state index contributed by atoms with van der Waals surface area (Å²) in [5, 5.41) is 0. The number of anilines is 1. The molecular formula is C18H21F3N4O2S. The van der Waals surface area contributed by atoms with Crippen LogP contribution in [0.15, 0.2) is 36.5 Å². The number of nitrogens with one attached hydrogen (secondary N) is 1. The third-order valence-electron chi connectivity index (χ3n) is 4.46. The van der Waals surface area contributed by atoms with Gasteiger partial charge in [-0.15, -0.1) is 0 Å². The lowest BCUT2D eigenvalue weighted by Gasteiger charge is -2.27. The lowest BCUT2D eigenvalue weighted by molar-refractivity contribution is -0.137. The number of alkyl halides is 3. The molecule has 6 nitrogen and oxygen atoms in total. The first-order valence-electron chi connectivity index (χ1n) is 8.93. The first-order chi connectivity index (χ1) is 13.2. The molecule has 0 aliphatic carbocycles. The quantitative estimate of drug-likeness (QED) is 0.786. The molecule has 1 aliphatic rings. The van der Waals surface area contributed by atoms with Crippen LogP contribution < -0.4 is 9.62 Å². The highest BCUT2D eigenvalue weighted by atomic mass is 32.2. The van der Waals surface area contributed by atoms with Gasteiger partial charge in [0, 0.05) is 19.3 Å². The molecular weight excluding hydrogens is 393 g/mol. The zero-order valence-corrected chi connectivity index (χ0v) is 15.9. The van der Waals surface area contributed by atoms with Gasteiger partial charge in [-0.2, -0.15) is 13.2 Å². The molecule has 1 fully saturated rings. The van der Waals surface area contributed by atoms with Crippen molar-refractivity contribution in [2.24, 2.45) is 0 Å². The van der Waals surface area contributed by atoms with Crippen LogP contribution in [0.25, 0.3) is 0 Å². The Labute approximate surface area is 161 Å². The zero-order valence-electron chi connectivity index (χ0n) is 15.1. The van der Waals surface area contributed by atoms with E-state index in [-0.39, 0.29) is 12.1 Å². The molecule has 2 heterocycles. The van der Waals surface area contributed by atoms with Crippen molar-refractivity contribution in [3.8, 4) is 0 Å². The Bertz CT molecular complexity index is 896. The summed E-state index contributed by atoms with van der Waals surface area (Å²) in [6.45, 7) is 1.75. The molecule has 0 unspecified atom stereocenters. The normalized spacial score (nSPS) is 15.6. The van der Waals surface area contributed by atoms with Gasteiger partial charge in [-0.1, -0.05) is 12.1 Å². The second-order valence-electron chi connectivity index (χ2n) is 6.65. The lowest BCUT2D eigenvalue weighted by atomic mass is 10.1. The summed E-state index contributed by atoms with van der Waals surface area (Å²) in [7, 11) is -3.74. The van der Waals surface area contributed by atoms with Crippen molar-refractivity contribution in [3.05, 3.63) is 53.5 Å². The van der Waals surface area contributed by atoms with E-state index in [1.54, 1.807) is 12.3 Å². The SMILES string of the molecule is O=S(=O)(Cc1ccc(C(F)(F)F)cc1)NCc1nccc(N2CCCCC2)n1. The molecule has 1 aromatic carbocycles. The molecule has 1 aliphatic heterocycles. The minimum Gasteiger partial charge on any atom is -0.357 e. The second kappa shape index (κ2) is 8.44. The third kappa shape index (κ3) is 5.65. The average Bonchev–Trinajstić information content (AvgIpc) is 2.67. The van der Waals surface area contributed by atoms with Crippen LogP contribution in [0.1, 0.15) is 36.2 Å². The highest BCUT2D eigenvalue weighted by molar-refractivity contribution is 7.88. The first-order valence-corrected chi connectivity index (χ1v) is 10.6. The van der Waals surface area contributed by atoms with Gasteiger partial charge in [0.25, 0.3) is 0 Å². The number of hydrogen-bond acceptors (Lipinski definition) is 5. The van der Waals surface area contributed by atoms with Crippen LogP contribution in [0.5, 0.6) is 0 Å². The minimum absolute atomic E-state index is 0.0787. The first kappa shape index (κ1) is 20.5. The fourth-order valence-corrected chi connectivity index (χ4v) is 4.09. The van der Waals surface area contributed by atoms with Crippen molar-refractivity contribution in [1.29, 1.82) is 0 Å². The van der Waals surface area contributed by atoms with E-state index in [0.29, 0.717) is 5.82 Å². The summed E-state index contributed by atoms with van der Waals surface area (Å²) in [5.41, 5.74) is -0.548. The number of benzene rings is 1. The standard InChI is InChI=1S/C18H21F3N4O2S/c19-18(20,21)15-6-4-14(5-7-15)13-28(26,27)23-12-16-22-9-8-17(24-16)25-10-2-1-3-11-25/h4-9,23H,1-3,10-13H2. The molecule has 0 atom stereocenters. The molecule has 0 saturated carbocycles. The maximum absolute atomic E-state index is 12.6. The van der Waals surface area contributed by atoms with E-state index in [1.165, 1.54) is 6.42 Å². The van der Waals surface area contributed by atoms with E-state index in [9.17, 15) is 21.6 Å². The van der Waals surface area contributed by atoms with Crippen molar-refractivity contribution < 1.29 is 21.6 Å². The molecule has 1 N–H and O–H groups in total. The Hall–Kier alpha value is -2.20. The van der Waals surface area contributed by atoms with Gasteiger partial charge in [-0.25, -0.2) is 23.1 Å². The number of halogens is 3. The van der Waals surface area contributed by atoms with Crippen LogP contribution in [-0.2, 0) is 28.5 Å². The van der Waals surface area contributed by atoms with E-state index >= 15 is 0 Å². The van der Waals surface area contributed by atoms with Gasteiger partial charge in [-0.05, 0) is 43.0 Å². The van der Waals surface area contributed by atoms with Gasteiger partial charge in [0.05, 0.1) is 17.9 Å². The van der Waals surface area contributed by atoms with Crippen molar-refractivity contribution >= 4 is 15.8 Å². The fraction of sp³-hybridized carbons (Fsp3) is 0.444. The third-order valence-corrected chi connectivity index (χ3v) is 5.76. The van der Waals surface area contributed by atoms with E-state index in [4.69, 9.17) is 0 Å². The summed E-state index contributed by atoms with van der Waals surface area (Å²) in [6, 6.07) is 5.86. The monoisotopic (exact) mass is 414 g/mol. The summed E-state index contributed by atoms with van der Waals surface area (Å²) >= 11 is 0. The van der Waals surface area contributed by atoms with Crippen molar-refractivity contribution in [2.75, 3.05) is 18.0 Å². The molecule has 1 aromatic heterocycles. The number of piperidine rings is 1. The maximum Gasteiger partial charge on any atom is 0.416 e. The van der Waals surface area contributed by atoms with Crippen LogP contribution in [0.2, 0.25) is 0 Å². The Kier molecular flexibility index (Phi) is 6.19. The fourth-order valence-electron chi connectivity index (χ4n) is 3.01. The topological polar surface area (TPSA) is 75.2 Å². The number of rotatable bonds is 6. The van der Waals surface area contributed by atoms with E-state index in [1.807, 2.05) is 0 Å². The smallest absolute Gasteiger partial charge is 0.357 e. The van der Waals surface area contributed by atoms with Crippen LogP contribution in [0.4, 0.5) is 19.0 Å². The second-order valence-corrected chi connectivity index (χ2v) is 8.46. The van der Waals surface area contributed by atoms with E-state index in [2.05, 4.69) is 19.6 Å². The van der Waals surface area contributed by atoms with Crippen molar-refractivity contribution in [2.45, 2.75) is 37.7 Å². The lowest BCUT2D eigenvalue weighted by Crippen LogP contribution is -2.31. The molecule has 0 amide bonds. The van der Waals surface area contributed by atoms with Crippen LogP contribution >= 0.6 is 0 Å². The number of sulfonamides is 1. The van der Waals surface area contributed by atoms with Gasteiger partial charge in [0.1, 0.15) is 11.6 Å². The molecule has 0 bridgehead atoms. The largest absolute Gasteiger partial charge is 0.416 e. The predicted molar refractivity (Wildman–Crippen MR) is 99.0 cm³/mol. The van der Waals surface area contributed by atoms with Gasteiger partial charge in [0.2, 0.25) is 10.0 Å². The molecule has 0 spiro atoms. The molecule has 0 radical (unpaired) electrons. The highest BCUT2D eigenvalue weighted by Crippen LogP contribution is 2.29. The van der Waals surface area contributed by atoms with E-state index < -0.39 is 27.5 Å². The number of nitrogens with zero attached hydrogens (tertiary/aromatic N) is 3. The Morgan fingerprint density at radius 1 is 1.04 bits per heavy atom. The summed E-state index contributed by atoms with van der Waals surface area (Å²) < 4.78 is 64.6. The summed E-state index contributed by atoms with van der Waals surface area (Å²) in [4.78, 5) is 10.6. The Morgan fingerprint density at radius 2 is 1.71 bits per heavy atom. The highest BCUT2D eigenvalue weighted by Gasteiger charge is 2.30. The minimum atomic E-state index is -4.45. The van der Waals surface area contributed by atoms with E-state index in [0.717, 1.165) is 56.0 Å². The molecule has 1 saturated heterocycles. The van der Waals surface area contributed by atoms with Gasteiger partial charge in [-0.3, -0.25) is 0 Å². The van der Waals surface area contributed by atoms with Gasteiger partial charge in [0.15, 0.2) is 0 Å². The maximum atomic E-state index is 12.6. The van der Waals surface area contributed by atoms with Gasteiger partial charge < -0.3 is 4.90 Å². The summed E-state index contributed by atoms with van der Waals surface area (Å²) in [6.07, 6.45) is 0.527. The average molecular weight is 414 g/mol. The van der Waals surface area contributed by atoms with Crippen molar-refractivity contribution in [1.82, 2.24) is 14.7 Å².